The standard InChI is InChI=1S/C24H28N6O6S2/c1-25-7-11-27(12-8-25)23(31)19-15-17(3-5-21(19)29(33)34)37-38-18-4-6-22(30(35)36)20(16-18)24(32)28-13-9-26(2)10-14-28/h3-6,15-16H,7-14H2,1-2H3. The van der Waals surface area contributed by atoms with Gasteiger partial charge in [-0.1, -0.05) is 21.6 Å². The predicted molar refractivity (Wildman–Crippen MR) is 145 cm³/mol. The van der Waals surface area contributed by atoms with Gasteiger partial charge in [-0.05, 0) is 38.4 Å². The van der Waals surface area contributed by atoms with Gasteiger partial charge in [0.25, 0.3) is 23.2 Å². The van der Waals surface area contributed by atoms with Crippen molar-refractivity contribution in [3.8, 4) is 0 Å². The Hall–Kier alpha value is -3.20. The van der Waals surface area contributed by atoms with Crippen molar-refractivity contribution >= 4 is 44.8 Å². The molecule has 2 saturated heterocycles. The third-order valence-corrected chi connectivity index (χ3v) is 8.99. The number of benzene rings is 2. The fraction of sp³-hybridized carbons (Fsp3) is 0.417. The maximum Gasteiger partial charge on any atom is 0.282 e. The first-order valence-electron chi connectivity index (χ1n) is 12.0. The maximum absolute atomic E-state index is 13.1. The van der Waals surface area contributed by atoms with Gasteiger partial charge in [0.05, 0.1) is 9.85 Å². The van der Waals surface area contributed by atoms with Crippen molar-refractivity contribution < 1.29 is 19.4 Å². The quantitative estimate of drug-likeness (QED) is 0.283. The normalized spacial score (nSPS) is 16.9. The number of hydrogen-bond acceptors (Lipinski definition) is 10. The monoisotopic (exact) mass is 560 g/mol. The zero-order valence-corrected chi connectivity index (χ0v) is 22.7. The van der Waals surface area contributed by atoms with Crippen LogP contribution in [-0.4, -0.2) is 108 Å². The van der Waals surface area contributed by atoms with Crippen LogP contribution in [0.15, 0.2) is 46.2 Å². The molecule has 0 aromatic heterocycles. The van der Waals surface area contributed by atoms with E-state index in [1.54, 1.807) is 21.9 Å². The summed E-state index contributed by atoms with van der Waals surface area (Å²) in [5, 5.41) is 23.2. The highest BCUT2D eigenvalue weighted by Crippen LogP contribution is 2.40. The van der Waals surface area contributed by atoms with Crippen molar-refractivity contribution in [2.75, 3.05) is 66.5 Å². The Balaban J connectivity index is 1.53. The smallest absolute Gasteiger partial charge is 0.282 e. The number of hydrogen-bond donors (Lipinski definition) is 0. The molecule has 0 bridgehead atoms. The van der Waals surface area contributed by atoms with Gasteiger partial charge in [-0.2, -0.15) is 0 Å². The minimum Gasteiger partial charge on any atom is -0.336 e. The fourth-order valence-electron chi connectivity index (χ4n) is 4.25. The van der Waals surface area contributed by atoms with E-state index < -0.39 is 9.85 Å². The largest absolute Gasteiger partial charge is 0.336 e. The van der Waals surface area contributed by atoms with Gasteiger partial charge in [0.15, 0.2) is 0 Å². The molecule has 38 heavy (non-hydrogen) atoms. The van der Waals surface area contributed by atoms with Gasteiger partial charge in [0.1, 0.15) is 11.1 Å². The fourth-order valence-corrected chi connectivity index (χ4v) is 6.22. The van der Waals surface area contributed by atoms with E-state index in [0.29, 0.717) is 62.1 Å². The molecule has 0 atom stereocenters. The zero-order chi connectivity index (χ0) is 27.4. The van der Waals surface area contributed by atoms with E-state index in [9.17, 15) is 29.8 Å². The number of nitro benzene ring substituents is 2. The maximum atomic E-state index is 13.1. The van der Waals surface area contributed by atoms with Crippen molar-refractivity contribution in [3.05, 3.63) is 67.8 Å². The van der Waals surface area contributed by atoms with Crippen LogP contribution in [0.1, 0.15) is 20.7 Å². The molecular formula is C24H28N6O6S2. The van der Waals surface area contributed by atoms with E-state index in [2.05, 4.69) is 9.80 Å². The Morgan fingerprint density at radius 3 is 1.32 bits per heavy atom. The summed E-state index contributed by atoms with van der Waals surface area (Å²) in [5.41, 5.74) is -0.447. The van der Waals surface area contributed by atoms with Crippen LogP contribution in [0.5, 0.6) is 0 Å². The molecule has 12 nitrogen and oxygen atoms in total. The molecule has 4 rings (SSSR count). The highest BCUT2D eigenvalue weighted by Gasteiger charge is 2.29. The minimum absolute atomic E-state index is 0.0276. The van der Waals surface area contributed by atoms with Crippen molar-refractivity contribution in [1.82, 2.24) is 19.6 Å². The molecule has 0 unspecified atom stereocenters. The summed E-state index contributed by atoms with van der Waals surface area (Å²) in [6.07, 6.45) is 0. The van der Waals surface area contributed by atoms with Crippen molar-refractivity contribution in [2.24, 2.45) is 0 Å². The average Bonchev–Trinajstić information content (AvgIpc) is 2.91. The molecule has 2 aromatic carbocycles. The topological polar surface area (TPSA) is 133 Å². The number of nitro groups is 2. The van der Waals surface area contributed by atoms with Crippen LogP contribution in [0.3, 0.4) is 0 Å². The number of likely N-dealkylation sites (N-methyl/N-ethyl adjacent to an activating group) is 2. The van der Waals surface area contributed by atoms with Gasteiger partial charge in [-0.15, -0.1) is 0 Å². The van der Waals surface area contributed by atoms with E-state index in [0.717, 1.165) is 0 Å². The highest BCUT2D eigenvalue weighted by molar-refractivity contribution is 8.76. The van der Waals surface area contributed by atoms with E-state index in [1.807, 2.05) is 14.1 Å². The summed E-state index contributed by atoms with van der Waals surface area (Å²) in [7, 11) is 6.43. The van der Waals surface area contributed by atoms with Crippen LogP contribution in [0.4, 0.5) is 11.4 Å². The molecule has 2 aliphatic heterocycles. The molecule has 0 radical (unpaired) electrons. The second-order valence-electron chi connectivity index (χ2n) is 9.23. The molecule has 2 amide bonds. The van der Waals surface area contributed by atoms with Gasteiger partial charge in [-0.3, -0.25) is 29.8 Å². The Morgan fingerprint density at radius 1 is 0.658 bits per heavy atom. The highest BCUT2D eigenvalue weighted by atomic mass is 33.1. The van der Waals surface area contributed by atoms with Crippen LogP contribution in [-0.2, 0) is 0 Å². The number of carbonyl (C=O) groups excluding carboxylic acids is 2. The Labute approximate surface area is 227 Å². The molecule has 2 fully saturated rings. The summed E-state index contributed by atoms with van der Waals surface area (Å²) < 4.78 is 0. The molecule has 2 aromatic rings. The number of piperazine rings is 2. The molecule has 0 N–H and O–H groups in total. The van der Waals surface area contributed by atoms with Crippen LogP contribution in [0.25, 0.3) is 0 Å². The number of rotatable bonds is 7. The van der Waals surface area contributed by atoms with Crippen molar-refractivity contribution in [2.45, 2.75) is 9.79 Å². The van der Waals surface area contributed by atoms with Gasteiger partial charge in [0, 0.05) is 74.3 Å². The van der Waals surface area contributed by atoms with Crippen LogP contribution >= 0.6 is 21.6 Å². The van der Waals surface area contributed by atoms with Gasteiger partial charge in [0.2, 0.25) is 0 Å². The number of amides is 2. The third kappa shape index (κ3) is 6.43. The van der Waals surface area contributed by atoms with Crippen molar-refractivity contribution in [3.63, 3.8) is 0 Å². The Morgan fingerprint density at radius 2 is 1.00 bits per heavy atom. The molecule has 2 heterocycles. The summed E-state index contributed by atoms with van der Waals surface area (Å²) >= 11 is 0. The lowest BCUT2D eigenvalue weighted by Gasteiger charge is -2.32. The van der Waals surface area contributed by atoms with Crippen LogP contribution in [0, 0.1) is 20.2 Å². The lowest BCUT2D eigenvalue weighted by Crippen LogP contribution is -2.47. The lowest BCUT2D eigenvalue weighted by molar-refractivity contribution is -0.385. The first kappa shape index (κ1) is 27.8. The molecular weight excluding hydrogens is 532 g/mol. The van der Waals surface area contributed by atoms with Crippen LogP contribution in [0.2, 0.25) is 0 Å². The Bertz CT molecular complexity index is 1150. The Kier molecular flexibility index (Phi) is 8.87. The van der Waals surface area contributed by atoms with Crippen LogP contribution < -0.4 is 0 Å². The van der Waals surface area contributed by atoms with Gasteiger partial charge >= 0.3 is 0 Å². The van der Waals surface area contributed by atoms with E-state index >= 15 is 0 Å². The average molecular weight is 561 g/mol. The first-order chi connectivity index (χ1) is 18.1. The molecule has 0 saturated carbocycles. The lowest BCUT2D eigenvalue weighted by atomic mass is 10.1. The molecule has 0 aliphatic carbocycles. The summed E-state index contributed by atoms with van der Waals surface area (Å²) in [5.74, 6) is -0.764. The minimum atomic E-state index is -0.558. The molecule has 2 aliphatic rings. The van der Waals surface area contributed by atoms with E-state index in [-0.39, 0.29) is 34.3 Å². The predicted octanol–water partition coefficient (Wildman–Crippen LogP) is 3.08. The summed E-state index contributed by atoms with van der Waals surface area (Å²) in [4.78, 5) is 57.0. The number of carbonyl (C=O) groups is 2. The summed E-state index contributed by atoms with van der Waals surface area (Å²) in [6.45, 7) is 4.74. The first-order valence-corrected chi connectivity index (χ1v) is 14.2. The van der Waals surface area contributed by atoms with Gasteiger partial charge in [-0.25, -0.2) is 0 Å². The molecule has 0 spiro atoms. The summed E-state index contributed by atoms with van der Waals surface area (Å²) in [6, 6.07) is 8.81. The molecule has 202 valence electrons. The van der Waals surface area contributed by atoms with E-state index in [1.165, 1.54) is 45.9 Å². The van der Waals surface area contributed by atoms with E-state index in [4.69, 9.17) is 0 Å². The zero-order valence-electron chi connectivity index (χ0n) is 21.1. The second-order valence-corrected chi connectivity index (χ2v) is 11.5. The number of nitrogens with zero attached hydrogens (tertiary/aromatic N) is 6. The third-order valence-electron chi connectivity index (χ3n) is 6.61. The van der Waals surface area contributed by atoms with Crippen molar-refractivity contribution in [1.29, 1.82) is 0 Å². The molecule has 14 heteroatoms. The SMILES string of the molecule is CN1CCN(C(=O)c2cc(SSc3ccc([N+](=O)[O-])c(C(=O)N4CCN(C)CC4)c3)ccc2[N+](=O)[O-])CC1. The second kappa shape index (κ2) is 12.1. The van der Waals surface area contributed by atoms with Gasteiger partial charge < -0.3 is 19.6 Å².